The summed E-state index contributed by atoms with van der Waals surface area (Å²) >= 11 is 1.78. The second kappa shape index (κ2) is 8.24. The van der Waals surface area contributed by atoms with Crippen LogP contribution < -0.4 is 5.32 Å². The molecule has 126 valence electrons. The van der Waals surface area contributed by atoms with Gasteiger partial charge in [-0.15, -0.1) is 0 Å². The van der Waals surface area contributed by atoms with Crippen LogP contribution in [0, 0.1) is 11.8 Å². The second-order valence-corrected chi connectivity index (χ2v) is 7.06. The van der Waals surface area contributed by atoms with Gasteiger partial charge in [0.2, 0.25) is 0 Å². The molecule has 0 saturated carbocycles. The summed E-state index contributed by atoms with van der Waals surface area (Å²) in [5.74, 6) is -0.0926. The molecular formula is C17H24N2O3S. The van der Waals surface area contributed by atoms with Crippen molar-refractivity contribution >= 4 is 23.8 Å². The zero-order valence-electron chi connectivity index (χ0n) is 13.6. The molecule has 1 aliphatic heterocycles. The first-order valence-electron chi connectivity index (χ1n) is 7.82. The van der Waals surface area contributed by atoms with Crippen LogP contribution in [0.4, 0.5) is 4.79 Å². The van der Waals surface area contributed by atoms with Crippen LogP contribution in [0.3, 0.4) is 0 Å². The average molecular weight is 336 g/mol. The van der Waals surface area contributed by atoms with Gasteiger partial charge >= 0.3 is 12.0 Å². The second-order valence-electron chi connectivity index (χ2n) is 6.19. The highest BCUT2D eigenvalue weighted by Gasteiger charge is 2.31. The number of urea groups is 1. The number of likely N-dealkylation sites (tertiary alicyclic amines) is 1. The Kier molecular flexibility index (Phi) is 6.33. The van der Waals surface area contributed by atoms with E-state index in [1.165, 1.54) is 5.56 Å². The van der Waals surface area contributed by atoms with Crippen LogP contribution in [-0.2, 0) is 17.1 Å². The van der Waals surface area contributed by atoms with Crippen molar-refractivity contribution in [2.75, 3.05) is 19.3 Å². The summed E-state index contributed by atoms with van der Waals surface area (Å²) in [6.07, 6.45) is 2.70. The predicted octanol–water partition coefficient (Wildman–Crippen LogP) is 2.80. The van der Waals surface area contributed by atoms with Gasteiger partial charge in [0, 0.05) is 25.4 Å². The fourth-order valence-corrected chi connectivity index (χ4v) is 3.43. The summed E-state index contributed by atoms with van der Waals surface area (Å²) in [4.78, 5) is 25.1. The lowest BCUT2D eigenvalue weighted by atomic mass is 9.91. The highest BCUT2D eigenvalue weighted by atomic mass is 32.2. The number of nitrogens with zero attached hydrogens (tertiary/aromatic N) is 1. The van der Waals surface area contributed by atoms with Crippen LogP contribution in [0.25, 0.3) is 0 Å². The smallest absolute Gasteiger partial charge is 0.317 e. The van der Waals surface area contributed by atoms with Gasteiger partial charge in [0.25, 0.3) is 0 Å². The number of hydrogen-bond acceptors (Lipinski definition) is 3. The van der Waals surface area contributed by atoms with E-state index in [0.717, 1.165) is 11.3 Å². The molecule has 23 heavy (non-hydrogen) atoms. The first-order chi connectivity index (χ1) is 11.0. The summed E-state index contributed by atoms with van der Waals surface area (Å²) in [5.41, 5.74) is 2.31. The molecule has 1 heterocycles. The third-order valence-electron chi connectivity index (χ3n) is 4.07. The van der Waals surface area contributed by atoms with E-state index in [1.54, 1.807) is 16.7 Å². The van der Waals surface area contributed by atoms with E-state index in [-0.39, 0.29) is 18.5 Å². The molecule has 2 unspecified atom stereocenters. The molecule has 2 amide bonds. The molecular weight excluding hydrogens is 312 g/mol. The van der Waals surface area contributed by atoms with Gasteiger partial charge in [0.05, 0.1) is 5.92 Å². The van der Waals surface area contributed by atoms with Crippen LogP contribution in [0.15, 0.2) is 24.3 Å². The Morgan fingerprint density at radius 2 is 1.91 bits per heavy atom. The highest BCUT2D eigenvalue weighted by Crippen LogP contribution is 2.21. The summed E-state index contributed by atoms with van der Waals surface area (Å²) in [6, 6.07) is 7.99. The summed E-state index contributed by atoms with van der Waals surface area (Å²) in [5, 5.41) is 12.1. The lowest BCUT2D eigenvalue weighted by Crippen LogP contribution is -2.49. The molecule has 6 heteroatoms. The van der Waals surface area contributed by atoms with Gasteiger partial charge in [-0.3, -0.25) is 4.79 Å². The quantitative estimate of drug-likeness (QED) is 0.867. The SMILES string of the molecule is CSCc1ccc(CNC(=O)N2CC(C)CC(C(=O)O)C2)cc1. The van der Waals surface area contributed by atoms with Gasteiger partial charge < -0.3 is 15.3 Å². The minimum atomic E-state index is -0.821. The lowest BCUT2D eigenvalue weighted by Gasteiger charge is -2.34. The van der Waals surface area contributed by atoms with Gasteiger partial charge in [-0.1, -0.05) is 31.2 Å². The van der Waals surface area contributed by atoms with E-state index in [0.29, 0.717) is 19.5 Å². The molecule has 2 atom stereocenters. The largest absolute Gasteiger partial charge is 0.481 e. The molecule has 0 aliphatic carbocycles. The van der Waals surface area contributed by atoms with Crippen molar-refractivity contribution in [3.63, 3.8) is 0 Å². The zero-order chi connectivity index (χ0) is 16.8. The van der Waals surface area contributed by atoms with Gasteiger partial charge in [0.15, 0.2) is 0 Å². The van der Waals surface area contributed by atoms with Crippen molar-refractivity contribution in [3.05, 3.63) is 35.4 Å². The van der Waals surface area contributed by atoms with Crippen LogP contribution in [0.2, 0.25) is 0 Å². The number of carbonyl (C=O) groups excluding carboxylic acids is 1. The van der Waals surface area contributed by atoms with Gasteiger partial charge in [-0.25, -0.2) is 4.79 Å². The van der Waals surface area contributed by atoms with E-state index in [2.05, 4.69) is 23.7 Å². The number of benzene rings is 1. The van der Waals surface area contributed by atoms with Crippen LogP contribution in [0.1, 0.15) is 24.5 Å². The maximum atomic E-state index is 12.3. The van der Waals surface area contributed by atoms with Crippen molar-refractivity contribution in [2.24, 2.45) is 11.8 Å². The molecule has 2 N–H and O–H groups in total. The molecule has 1 aliphatic rings. The van der Waals surface area contributed by atoms with Crippen molar-refractivity contribution in [2.45, 2.75) is 25.6 Å². The topological polar surface area (TPSA) is 69.6 Å². The molecule has 0 bridgehead atoms. The molecule has 0 spiro atoms. The number of carboxylic acids is 1. The molecule has 2 rings (SSSR count). The summed E-state index contributed by atoms with van der Waals surface area (Å²) < 4.78 is 0. The van der Waals surface area contributed by atoms with Gasteiger partial charge in [0.1, 0.15) is 0 Å². The summed E-state index contributed by atoms with van der Waals surface area (Å²) in [7, 11) is 0. The summed E-state index contributed by atoms with van der Waals surface area (Å²) in [6.45, 7) is 3.35. The molecule has 1 aromatic rings. The Bertz CT molecular complexity index is 547. The highest BCUT2D eigenvalue weighted by molar-refractivity contribution is 7.97. The lowest BCUT2D eigenvalue weighted by molar-refractivity contribution is -0.143. The molecule has 1 saturated heterocycles. The number of thioether (sulfide) groups is 1. The van der Waals surface area contributed by atoms with Crippen LogP contribution in [-0.4, -0.2) is 41.4 Å². The Morgan fingerprint density at radius 3 is 2.52 bits per heavy atom. The monoisotopic (exact) mass is 336 g/mol. The van der Waals surface area contributed by atoms with E-state index in [4.69, 9.17) is 0 Å². The van der Waals surface area contributed by atoms with Crippen molar-refractivity contribution in [1.29, 1.82) is 0 Å². The number of hydrogen-bond donors (Lipinski definition) is 2. The Morgan fingerprint density at radius 1 is 1.26 bits per heavy atom. The zero-order valence-corrected chi connectivity index (χ0v) is 14.4. The first kappa shape index (κ1) is 17.7. The van der Waals surface area contributed by atoms with Gasteiger partial charge in [-0.05, 0) is 29.7 Å². The van der Waals surface area contributed by atoms with Crippen molar-refractivity contribution in [3.8, 4) is 0 Å². The van der Waals surface area contributed by atoms with E-state index in [1.807, 2.05) is 19.1 Å². The molecule has 0 radical (unpaired) electrons. The number of carboxylic acid groups (broad SMARTS) is 1. The Labute approximate surface area is 141 Å². The number of piperidine rings is 1. The molecule has 1 fully saturated rings. The maximum Gasteiger partial charge on any atom is 0.317 e. The predicted molar refractivity (Wildman–Crippen MR) is 92.4 cm³/mol. The Balaban J connectivity index is 1.87. The minimum absolute atomic E-state index is 0.184. The molecule has 1 aromatic carbocycles. The van der Waals surface area contributed by atoms with Crippen LogP contribution >= 0.6 is 11.8 Å². The maximum absolute atomic E-state index is 12.3. The van der Waals surface area contributed by atoms with Crippen LogP contribution in [0.5, 0.6) is 0 Å². The number of amides is 2. The minimum Gasteiger partial charge on any atom is -0.481 e. The van der Waals surface area contributed by atoms with E-state index in [9.17, 15) is 14.7 Å². The molecule has 5 nitrogen and oxygen atoms in total. The van der Waals surface area contributed by atoms with E-state index < -0.39 is 11.9 Å². The molecule has 0 aromatic heterocycles. The van der Waals surface area contributed by atoms with Crippen molar-refractivity contribution in [1.82, 2.24) is 10.2 Å². The fourth-order valence-electron chi connectivity index (χ4n) is 2.91. The number of aliphatic carboxylic acids is 1. The number of nitrogens with one attached hydrogen (secondary N) is 1. The van der Waals surface area contributed by atoms with Crippen molar-refractivity contribution < 1.29 is 14.7 Å². The number of carbonyl (C=O) groups is 2. The third kappa shape index (κ3) is 5.16. The third-order valence-corrected chi connectivity index (χ3v) is 4.70. The van der Waals surface area contributed by atoms with E-state index >= 15 is 0 Å². The fraction of sp³-hybridized carbons (Fsp3) is 0.529. The normalized spacial score (nSPS) is 21.0. The average Bonchev–Trinajstić information content (AvgIpc) is 2.53. The Hall–Kier alpha value is -1.69. The number of rotatable bonds is 5. The standard InChI is InChI=1S/C17H24N2O3S/c1-12-7-15(16(20)21)10-19(9-12)17(22)18-8-13-3-5-14(6-4-13)11-23-2/h3-6,12,15H,7-11H2,1-2H3,(H,18,22)(H,20,21). The first-order valence-corrected chi connectivity index (χ1v) is 9.21. The van der Waals surface area contributed by atoms with Gasteiger partial charge in [-0.2, -0.15) is 11.8 Å².